The van der Waals surface area contributed by atoms with E-state index in [0.29, 0.717) is 23.8 Å². The number of hydrogen-bond donors (Lipinski definition) is 3. The Bertz CT molecular complexity index is 606. The first-order chi connectivity index (χ1) is 9.06. The van der Waals surface area contributed by atoms with Gasteiger partial charge in [0.15, 0.2) is 5.69 Å². The van der Waals surface area contributed by atoms with Crippen LogP contribution in [-0.4, -0.2) is 43.7 Å². The van der Waals surface area contributed by atoms with Crippen LogP contribution in [0.2, 0.25) is 0 Å². The highest BCUT2D eigenvalue weighted by molar-refractivity contribution is 7.09. The molecule has 0 spiro atoms. The topological polar surface area (TPSA) is 121 Å². The second kappa shape index (κ2) is 5.57. The quantitative estimate of drug-likeness (QED) is 0.722. The van der Waals surface area contributed by atoms with Gasteiger partial charge in [0.25, 0.3) is 5.91 Å². The van der Waals surface area contributed by atoms with E-state index in [1.54, 1.807) is 6.92 Å². The lowest BCUT2D eigenvalue weighted by Crippen LogP contribution is -2.26. The Labute approximate surface area is 111 Å². The van der Waals surface area contributed by atoms with E-state index in [0.717, 1.165) is 0 Å². The van der Waals surface area contributed by atoms with Crippen LogP contribution in [-0.2, 0) is 6.42 Å². The van der Waals surface area contributed by atoms with Crippen LogP contribution in [0.15, 0.2) is 5.38 Å². The lowest BCUT2D eigenvalue weighted by Gasteiger charge is -1.99. The number of nitrogens with one attached hydrogen (secondary N) is 2. The molecule has 0 aliphatic heterocycles. The van der Waals surface area contributed by atoms with Gasteiger partial charge < -0.3 is 10.4 Å². The van der Waals surface area contributed by atoms with Gasteiger partial charge in [0.1, 0.15) is 5.82 Å². The van der Waals surface area contributed by atoms with Gasteiger partial charge in [-0.05, 0) is 6.92 Å². The molecule has 0 atom stereocenters. The van der Waals surface area contributed by atoms with Gasteiger partial charge in [-0.25, -0.2) is 14.8 Å². The number of carboxylic acids is 1. The molecule has 8 nitrogen and oxygen atoms in total. The van der Waals surface area contributed by atoms with Gasteiger partial charge >= 0.3 is 5.97 Å². The molecule has 0 fully saturated rings. The van der Waals surface area contributed by atoms with Gasteiger partial charge in [-0.15, -0.1) is 16.4 Å². The molecule has 0 bridgehead atoms. The van der Waals surface area contributed by atoms with Crippen molar-refractivity contribution in [2.45, 2.75) is 13.3 Å². The standard InChI is InChI=1S/C10H11N5O3S/c1-5-12-8(15-14-5)9(16)11-3-2-7-13-6(4-19-7)10(17)18/h4H,2-3H2,1H3,(H,11,16)(H,17,18)(H,12,14,15). The van der Waals surface area contributed by atoms with Crippen molar-refractivity contribution >= 4 is 23.2 Å². The monoisotopic (exact) mass is 281 g/mol. The fraction of sp³-hybridized carbons (Fsp3) is 0.300. The number of rotatable bonds is 5. The summed E-state index contributed by atoms with van der Waals surface area (Å²) >= 11 is 1.25. The summed E-state index contributed by atoms with van der Waals surface area (Å²) in [6.07, 6.45) is 0.465. The number of amides is 1. The average Bonchev–Trinajstić information content (AvgIpc) is 2.98. The van der Waals surface area contributed by atoms with Crippen molar-refractivity contribution in [3.8, 4) is 0 Å². The molecule has 0 saturated carbocycles. The van der Waals surface area contributed by atoms with Crippen molar-refractivity contribution in [2.75, 3.05) is 6.54 Å². The van der Waals surface area contributed by atoms with E-state index in [1.807, 2.05) is 0 Å². The molecule has 0 aromatic carbocycles. The van der Waals surface area contributed by atoms with E-state index >= 15 is 0 Å². The molecular weight excluding hydrogens is 270 g/mol. The van der Waals surface area contributed by atoms with Crippen LogP contribution in [0.3, 0.4) is 0 Å². The van der Waals surface area contributed by atoms with Crippen molar-refractivity contribution < 1.29 is 14.7 Å². The molecule has 0 radical (unpaired) electrons. The molecule has 0 unspecified atom stereocenters. The Balaban J connectivity index is 1.83. The Hall–Kier alpha value is -2.29. The third-order valence-corrected chi connectivity index (χ3v) is 3.10. The van der Waals surface area contributed by atoms with E-state index in [9.17, 15) is 9.59 Å². The molecule has 2 aromatic rings. The maximum atomic E-state index is 11.6. The van der Waals surface area contributed by atoms with E-state index in [2.05, 4.69) is 25.5 Å². The number of hydrogen-bond acceptors (Lipinski definition) is 6. The summed E-state index contributed by atoms with van der Waals surface area (Å²) in [5, 5.41) is 19.8. The Morgan fingerprint density at radius 3 is 2.84 bits per heavy atom. The summed E-state index contributed by atoms with van der Waals surface area (Å²) in [7, 11) is 0. The smallest absolute Gasteiger partial charge is 0.355 e. The number of thiazole rings is 1. The number of aromatic carboxylic acids is 1. The van der Waals surface area contributed by atoms with Crippen molar-refractivity contribution in [1.82, 2.24) is 25.5 Å². The molecule has 2 heterocycles. The highest BCUT2D eigenvalue weighted by Crippen LogP contribution is 2.09. The minimum Gasteiger partial charge on any atom is -0.476 e. The number of aromatic amines is 1. The zero-order valence-corrected chi connectivity index (χ0v) is 10.8. The fourth-order valence-corrected chi connectivity index (χ4v) is 2.10. The van der Waals surface area contributed by atoms with Gasteiger partial charge in [-0.2, -0.15) is 0 Å². The first-order valence-electron chi connectivity index (χ1n) is 5.41. The van der Waals surface area contributed by atoms with Crippen LogP contribution < -0.4 is 5.32 Å². The molecule has 2 rings (SSSR count). The van der Waals surface area contributed by atoms with Crippen LogP contribution in [0.5, 0.6) is 0 Å². The second-order valence-corrected chi connectivity index (χ2v) is 4.62. The van der Waals surface area contributed by atoms with Crippen molar-refractivity contribution in [1.29, 1.82) is 0 Å². The molecular formula is C10H11N5O3S. The summed E-state index contributed by atoms with van der Waals surface area (Å²) in [5.41, 5.74) is 0.0240. The molecule has 2 aromatic heterocycles. The predicted molar refractivity (Wildman–Crippen MR) is 66.2 cm³/mol. The number of carbonyl (C=O) groups is 2. The summed E-state index contributed by atoms with van der Waals surface area (Å²) < 4.78 is 0. The molecule has 1 amide bonds. The van der Waals surface area contributed by atoms with Crippen molar-refractivity contribution in [3.05, 3.63) is 27.7 Å². The molecule has 100 valence electrons. The molecule has 0 aliphatic rings. The third-order valence-electron chi connectivity index (χ3n) is 2.20. The van der Waals surface area contributed by atoms with Crippen LogP contribution in [0.4, 0.5) is 0 Å². The maximum Gasteiger partial charge on any atom is 0.355 e. The average molecular weight is 281 g/mol. The number of carbonyl (C=O) groups excluding carboxylic acids is 1. The summed E-state index contributed by atoms with van der Waals surface area (Å²) in [5.74, 6) is -0.777. The van der Waals surface area contributed by atoms with Gasteiger partial charge in [-0.3, -0.25) is 9.89 Å². The first kappa shape index (κ1) is 13.1. The number of nitrogens with zero attached hydrogens (tertiary/aromatic N) is 3. The van der Waals surface area contributed by atoms with E-state index in [-0.39, 0.29) is 17.4 Å². The Morgan fingerprint density at radius 2 is 2.26 bits per heavy atom. The largest absolute Gasteiger partial charge is 0.476 e. The molecule has 0 aliphatic carbocycles. The SMILES string of the molecule is Cc1nc(C(=O)NCCc2nc(C(=O)O)cs2)n[nH]1. The summed E-state index contributed by atoms with van der Waals surface area (Å²) in [4.78, 5) is 30.0. The maximum absolute atomic E-state index is 11.6. The summed E-state index contributed by atoms with van der Waals surface area (Å²) in [6.45, 7) is 2.05. The molecule has 0 saturated heterocycles. The second-order valence-electron chi connectivity index (χ2n) is 3.68. The minimum absolute atomic E-state index is 0.0240. The number of H-pyrrole nitrogens is 1. The number of aryl methyl sites for hydroxylation is 1. The highest BCUT2D eigenvalue weighted by atomic mass is 32.1. The first-order valence-corrected chi connectivity index (χ1v) is 6.29. The predicted octanol–water partition coefficient (Wildman–Crippen LogP) is 0.240. The van der Waals surface area contributed by atoms with Gasteiger partial charge in [0.05, 0.1) is 5.01 Å². The van der Waals surface area contributed by atoms with E-state index < -0.39 is 5.97 Å². The minimum atomic E-state index is -1.05. The zero-order chi connectivity index (χ0) is 13.8. The lowest BCUT2D eigenvalue weighted by molar-refractivity contribution is 0.0690. The Morgan fingerprint density at radius 1 is 1.47 bits per heavy atom. The number of carboxylic acid groups (broad SMARTS) is 1. The zero-order valence-electron chi connectivity index (χ0n) is 10.0. The lowest BCUT2D eigenvalue weighted by atomic mass is 10.4. The van der Waals surface area contributed by atoms with Gasteiger partial charge in [0, 0.05) is 18.3 Å². The van der Waals surface area contributed by atoms with Crippen LogP contribution in [0.25, 0.3) is 0 Å². The van der Waals surface area contributed by atoms with Crippen molar-refractivity contribution in [3.63, 3.8) is 0 Å². The highest BCUT2D eigenvalue weighted by Gasteiger charge is 2.11. The third kappa shape index (κ3) is 3.35. The summed E-state index contributed by atoms with van der Waals surface area (Å²) in [6, 6.07) is 0. The van der Waals surface area contributed by atoms with Crippen LogP contribution in [0.1, 0.15) is 31.9 Å². The van der Waals surface area contributed by atoms with E-state index in [1.165, 1.54) is 16.7 Å². The number of aromatic nitrogens is 4. The van der Waals surface area contributed by atoms with Gasteiger partial charge in [0.2, 0.25) is 5.82 Å². The Kier molecular flexibility index (Phi) is 3.85. The van der Waals surface area contributed by atoms with Gasteiger partial charge in [-0.1, -0.05) is 0 Å². The van der Waals surface area contributed by atoms with Crippen LogP contribution in [0, 0.1) is 6.92 Å². The molecule has 3 N–H and O–H groups in total. The van der Waals surface area contributed by atoms with Crippen LogP contribution >= 0.6 is 11.3 Å². The molecule has 19 heavy (non-hydrogen) atoms. The molecule has 9 heteroatoms. The van der Waals surface area contributed by atoms with Crippen molar-refractivity contribution in [2.24, 2.45) is 0 Å². The normalized spacial score (nSPS) is 10.4. The van der Waals surface area contributed by atoms with E-state index in [4.69, 9.17) is 5.11 Å². The fourth-order valence-electron chi connectivity index (χ4n) is 1.33.